The lowest BCUT2D eigenvalue weighted by Crippen LogP contribution is -1.87. The van der Waals surface area contributed by atoms with Gasteiger partial charge in [0, 0.05) is 22.8 Å². The first kappa shape index (κ1) is 11.7. The first-order chi connectivity index (χ1) is 8.25. The second kappa shape index (κ2) is 5.50. The molecule has 17 heavy (non-hydrogen) atoms. The Hall–Kier alpha value is -1.81. The molecule has 3 nitrogen and oxygen atoms in total. The Kier molecular flexibility index (Phi) is 3.77. The molecule has 86 valence electrons. The second-order valence-electron chi connectivity index (χ2n) is 3.53. The molecule has 0 fully saturated rings. The summed E-state index contributed by atoms with van der Waals surface area (Å²) in [7, 11) is 0. The largest absolute Gasteiger partial charge is 0.270 e. The lowest BCUT2D eigenvalue weighted by Gasteiger charge is -2.01. The zero-order chi connectivity index (χ0) is 12.1. The number of nitro groups is 1. The molecular formula is C13H11NO2S. The predicted octanol–water partition coefficient (Wildman–Crippen LogP) is 3.89. The summed E-state index contributed by atoms with van der Waals surface area (Å²) in [5, 5.41) is 10.6. The van der Waals surface area contributed by atoms with Gasteiger partial charge in [-0.15, -0.1) is 11.8 Å². The van der Waals surface area contributed by atoms with Gasteiger partial charge in [0.05, 0.1) is 4.92 Å². The second-order valence-corrected chi connectivity index (χ2v) is 4.58. The maximum Gasteiger partial charge on any atom is 0.270 e. The molecule has 0 N–H and O–H groups in total. The SMILES string of the molecule is O=[N+]([O-])c1cccc(SCc2ccccc2)c1. The molecule has 0 bridgehead atoms. The third-order valence-corrected chi connectivity index (χ3v) is 3.34. The Morgan fingerprint density at radius 3 is 2.53 bits per heavy atom. The lowest BCUT2D eigenvalue weighted by atomic mass is 10.2. The van der Waals surface area contributed by atoms with Crippen LogP contribution in [0.4, 0.5) is 5.69 Å². The van der Waals surface area contributed by atoms with Gasteiger partial charge < -0.3 is 0 Å². The van der Waals surface area contributed by atoms with Crippen molar-refractivity contribution < 1.29 is 4.92 Å². The van der Waals surface area contributed by atoms with Crippen LogP contribution in [0.5, 0.6) is 0 Å². The quantitative estimate of drug-likeness (QED) is 0.466. The number of rotatable bonds is 4. The summed E-state index contributed by atoms with van der Waals surface area (Å²) in [6.07, 6.45) is 0. The third-order valence-electron chi connectivity index (χ3n) is 2.28. The van der Waals surface area contributed by atoms with Crippen LogP contribution in [0.1, 0.15) is 5.56 Å². The van der Waals surface area contributed by atoms with Crippen molar-refractivity contribution in [2.24, 2.45) is 0 Å². The van der Waals surface area contributed by atoms with Gasteiger partial charge >= 0.3 is 0 Å². The summed E-state index contributed by atoms with van der Waals surface area (Å²) in [6.45, 7) is 0. The molecule has 0 heterocycles. The molecule has 0 aliphatic rings. The number of nitro benzene ring substituents is 1. The zero-order valence-corrected chi connectivity index (χ0v) is 9.89. The molecule has 0 saturated carbocycles. The van der Waals surface area contributed by atoms with E-state index in [9.17, 15) is 10.1 Å². The summed E-state index contributed by atoms with van der Waals surface area (Å²) < 4.78 is 0. The number of benzene rings is 2. The van der Waals surface area contributed by atoms with Crippen LogP contribution in [0.25, 0.3) is 0 Å². The molecule has 0 radical (unpaired) electrons. The molecule has 2 rings (SSSR count). The van der Waals surface area contributed by atoms with Crippen molar-refractivity contribution in [1.29, 1.82) is 0 Å². The van der Waals surface area contributed by atoms with E-state index in [1.165, 1.54) is 11.6 Å². The Balaban J connectivity index is 2.04. The molecule has 0 amide bonds. The van der Waals surface area contributed by atoms with Gasteiger partial charge in [0.2, 0.25) is 0 Å². The molecule has 0 aromatic heterocycles. The monoisotopic (exact) mass is 245 g/mol. The standard InChI is InChI=1S/C13H11NO2S/c15-14(16)12-7-4-8-13(9-12)17-10-11-5-2-1-3-6-11/h1-9H,10H2. The molecule has 0 aliphatic heterocycles. The third kappa shape index (κ3) is 3.32. The molecule has 0 aliphatic carbocycles. The summed E-state index contributed by atoms with van der Waals surface area (Å²) in [5.41, 5.74) is 1.35. The molecule has 2 aromatic rings. The Labute approximate surface area is 104 Å². The van der Waals surface area contributed by atoms with Gasteiger partial charge in [-0.1, -0.05) is 36.4 Å². The molecule has 0 saturated heterocycles. The topological polar surface area (TPSA) is 43.1 Å². The van der Waals surface area contributed by atoms with Crippen molar-refractivity contribution in [1.82, 2.24) is 0 Å². The van der Waals surface area contributed by atoms with Crippen LogP contribution >= 0.6 is 11.8 Å². The molecular weight excluding hydrogens is 234 g/mol. The predicted molar refractivity (Wildman–Crippen MR) is 69.1 cm³/mol. The molecule has 0 atom stereocenters. The van der Waals surface area contributed by atoms with E-state index >= 15 is 0 Å². The summed E-state index contributed by atoms with van der Waals surface area (Å²) in [4.78, 5) is 11.2. The summed E-state index contributed by atoms with van der Waals surface area (Å²) >= 11 is 1.60. The average molecular weight is 245 g/mol. The number of non-ortho nitro benzene ring substituents is 1. The summed E-state index contributed by atoms with van der Waals surface area (Å²) in [5.74, 6) is 0.821. The highest BCUT2D eigenvalue weighted by atomic mass is 32.2. The fraction of sp³-hybridized carbons (Fsp3) is 0.0769. The zero-order valence-electron chi connectivity index (χ0n) is 9.08. The fourth-order valence-corrected chi connectivity index (χ4v) is 2.33. The van der Waals surface area contributed by atoms with Gasteiger partial charge in [-0.3, -0.25) is 10.1 Å². The van der Waals surface area contributed by atoms with E-state index in [0.29, 0.717) is 0 Å². The van der Waals surface area contributed by atoms with Gasteiger partial charge in [0.1, 0.15) is 0 Å². The first-order valence-electron chi connectivity index (χ1n) is 5.17. The van der Waals surface area contributed by atoms with Crippen molar-refractivity contribution in [3.05, 3.63) is 70.3 Å². The highest BCUT2D eigenvalue weighted by molar-refractivity contribution is 7.98. The van der Waals surface area contributed by atoms with Crippen LogP contribution in [-0.4, -0.2) is 4.92 Å². The van der Waals surface area contributed by atoms with Gasteiger partial charge in [-0.2, -0.15) is 0 Å². The van der Waals surface area contributed by atoms with Gasteiger partial charge in [0.15, 0.2) is 0 Å². The van der Waals surface area contributed by atoms with Crippen LogP contribution in [0.15, 0.2) is 59.5 Å². The number of thioether (sulfide) groups is 1. The minimum atomic E-state index is -0.368. The highest BCUT2D eigenvalue weighted by Crippen LogP contribution is 2.25. The van der Waals surface area contributed by atoms with Crippen LogP contribution < -0.4 is 0 Å². The smallest absolute Gasteiger partial charge is 0.258 e. The van der Waals surface area contributed by atoms with Crippen LogP contribution in [0, 0.1) is 10.1 Å². The van der Waals surface area contributed by atoms with Gasteiger partial charge in [-0.05, 0) is 11.6 Å². The number of nitrogens with zero attached hydrogens (tertiary/aromatic N) is 1. The molecule has 0 spiro atoms. The van der Waals surface area contributed by atoms with E-state index in [4.69, 9.17) is 0 Å². The van der Waals surface area contributed by atoms with Crippen molar-refractivity contribution in [3.63, 3.8) is 0 Å². The maximum absolute atomic E-state index is 10.6. The number of hydrogen-bond acceptors (Lipinski definition) is 3. The number of hydrogen-bond donors (Lipinski definition) is 0. The Bertz CT molecular complexity index is 514. The average Bonchev–Trinajstić information content (AvgIpc) is 2.38. The van der Waals surface area contributed by atoms with Crippen LogP contribution in [0.2, 0.25) is 0 Å². The highest BCUT2D eigenvalue weighted by Gasteiger charge is 2.05. The van der Waals surface area contributed by atoms with Gasteiger partial charge in [0.25, 0.3) is 5.69 Å². The minimum absolute atomic E-state index is 0.142. The lowest BCUT2D eigenvalue weighted by molar-refractivity contribution is -0.385. The van der Waals surface area contributed by atoms with E-state index in [1.54, 1.807) is 23.9 Å². The van der Waals surface area contributed by atoms with Crippen LogP contribution in [0.3, 0.4) is 0 Å². The van der Waals surface area contributed by atoms with Gasteiger partial charge in [-0.25, -0.2) is 0 Å². The fourth-order valence-electron chi connectivity index (χ4n) is 1.43. The molecule has 4 heteroatoms. The van der Waals surface area contributed by atoms with E-state index in [-0.39, 0.29) is 10.6 Å². The Morgan fingerprint density at radius 1 is 1.06 bits per heavy atom. The van der Waals surface area contributed by atoms with E-state index < -0.39 is 0 Å². The van der Waals surface area contributed by atoms with Crippen molar-refractivity contribution in [2.45, 2.75) is 10.6 Å². The minimum Gasteiger partial charge on any atom is -0.258 e. The van der Waals surface area contributed by atoms with E-state index in [0.717, 1.165) is 10.6 Å². The van der Waals surface area contributed by atoms with E-state index in [1.807, 2.05) is 36.4 Å². The van der Waals surface area contributed by atoms with Crippen LogP contribution in [-0.2, 0) is 5.75 Å². The van der Waals surface area contributed by atoms with Crippen molar-refractivity contribution in [3.8, 4) is 0 Å². The van der Waals surface area contributed by atoms with Crippen molar-refractivity contribution >= 4 is 17.4 Å². The molecule has 2 aromatic carbocycles. The maximum atomic E-state index is 10.6. The molecule has 0 unspecified atom stereocenters. The van der Waals surface area contributed by atoms with Crippen molar-refractivity contribution in [2.75, 3.05) is 0 Å². The first-order valence-corrected chi connectivity index (χ1v) is 6.15. The van der Waals surface area contributed by atoms with E-state index in [2.05, 4.69) is 0 Å². The normalized spacial score (nSPS) is 10.1. The Morgan fingerprint density at radius 2 is 1.82 bits per heavy atom. The summed E-state index contributed by atoms with van der Waals surface area (Å²) in [6, 6.07) is 16.8.